The predicted octanol–water partition coefficient (Wildman–Crippen LogP) is 4.24. The quantitative estimate of drug-likeness (QED) is 0.841. The number of aromatic nitrogens is 1. The average Bonchev–Trinajstić information content (AvgIpc) is 2.88. The Balaban J connectivity index is 1.83. The van der Waals surface area contributed by atoms with Gasteiger partial charge in [-0.2, -0.15) is 13.2 Å². The largest absolute Gasteiger partial charge is 0.493 e. The second-order valence-corrected chi connectivity index (χ2v) is 5.57. The average molecular weight is 318 g/mol. The molecule has 2 aromatic rings. The highest BCUT2D eigenvalue weighted by Gasteiger charge is 2.33. The standard InChI is InChI=1S/C13H10F4N2OS/c14-7-1-2-10-8(5-7)9(3-4-20-10)19-12-18-6-11(21-12)13(15,16)17/h1-2,5-6,9H,3-4H2,(H,18,19). The zero-order valence-corrected chi connectivity index (χ0v) is 11.4. The summed E-state index contributed by atoms with van der Waals surface area (Å²) >= 11 is 0.531. The molecule has 1 atom stereocenters. The number of anilines is 1. The van der Waals surface area contributed by atoms with Crippen molar-refractivity contribution >= 4 is 16.5 Å². The van der Waals surface area contributed by atoms with Crippen molar-refractivity contribution in [3.05, 3.63) is 40.7 Å². The highest BCUT2D eigenvalue weighted by molar-refractivity contribution is 7.15. The van der Waals surface area contributed by atoms with E-state index in [1.54, 1.807) is 0 Å². The maximum Gasteiger partial charge on any atom is 0.427 e. The molecule has 0 radical (unpaired) electrons. The Morgan fingerprint density at radius 1 is 1.33 bits per heavy atom. The van der Waals surface area contributed by atoms with E-state index in [9.17, 15) is 17.6 Å². The molecule has 0 aliphatic carbocycles. The van der Waals surface area contributed by atoms with Crippen molar-refractivity contribution in [2.24, 2.45) is 0 Å². The molecule has 0 bridgehead atoms. The number of thiazole rings is 1. The zero-order valence-electron chi connectivity index (χ0n) is 10.6. The van der Waals surface area contributed by atoms with E-state index in [-0.39, 0.29) is 11.2 Å². The zero-order chi connectivity index (χ0) is 15.0. The molecule has 1 unspecified atom stereocenters. The fraction of sp³-hybridized carbons (Fsp3) is 0.308. The van der Waals surface area contributed by atoms with Crippen molar-refractivity contribution in [3.8, 4) is 5.75 Å². The summed E-state index contributed by atoms with van der Waals surface area (Å²) in [6.07, 6.45) is -3.09. The summed E-state index contributed by atoms with van der Waals surface area (Å²) in [5.74, 6) is 0.119. The van der Waals surface area contributed by atoms with Crippen LogP contribution in [0.25, 0.3) is 0 Å². The number of fused-ring (bicyclic) bond motifs is 1. The Hall–Kier alpha value is -1.83. The Kier molecular flexibility index (Phi) is 3.48. The number of rotatable bonds is 2. The number of hydrogen-bond acceptors (Lipinski definition) is 4. The van der Waals surface area contributed by atoms with Gasteiger partial charge in [0.1, 0.15) is 16.4 Å². The van der Waals surface area contributed by atoms with Crippen LogP contribution in [0, 0.1) is 5.82 Å². The predicted molar refractivity (Wildman–Crippen MR) is 70.0 cm³/mol. The van der Waals surface area contributed by atoms with Crippen molar-refractivity contribution in [1.82, 2.24) is 4.98 Å². The third-order valence-electron chi connectivity index (χ3n) is 3.09. The van der Waals surface area contributed by atoms with Gasteiger partial charge in [-0.1, -0.05) is 11.3 Å². The summed E-state index contributed by atoms with van der Waals surface area (Å²) in [4.78, 5) is 2.96. The van der Waals surface area contributed by atoms with Crippen molar-refractivity contribution in [2.45, 2.75) is 18.6 Å². The van der Waals surface area contributed by atoms with E-state index < -0.39 is 16.9 Å². The first-order chi connectivity index (χ1) is 9.93. The highest BCUT2D eigenvalue weighted by atomic mass is 32.1. The number of benzene rings is 1. The van der Waals surface area contributed by atoms with Crippen LogP contribution in [0.3, 0.4) is 0 Å². The molecule has 1 aliphatic heterocycles. The molecule has 0 saturated heterocycles. The lowest BCUT2D eigenvalue weighted by Gasteiger charge is -2.26. The molecule has 0 amide bonds. The van der Waals surface area contributed by atoms with Crippen LogP contribution >= 0.6 is 11.3 Å². The number of nitrogens with one attached hydrogen (secondary N) is 1. The van der Waals surface area contributed by atoms with Crippen LogP contribution in [0.15, 0.2) is 24.4 Å². The maximum absolute atomic E-state index is 13.3. The Labute approximate surface area is 121 Å². The molecular weight excluding hydrogens is 308 g/mol. The molecule has 21 heavy (non-hydrogen) atoms. The number of hydrogen-bond donors (Lipinski definition) is 1. The molecule has 3 nitrogen and oxygen atoms in total. The normalized spacial score (nSPS) is 18.0. The van der Waals surface area contributed by atoms with E-state index in [1.165, 1.54) is 18.2 Å². The van der Waals surface area contributed by atoms with E-state index in [1.807, 2.05) is 0 Å². The molecule has 1 aromatic carbocycles. The lowest BCUT2D eigenvalue weighted by atomic mass is 10.0. The third kappa shape index (κ3) is 2.94. The Bertz CT molecular complexity index is 656. The fourth-order valence-corrected chi connectivity index (χ4v) is 2.87. The lowest BCUT2D eigenvalue weighted by Crippen LogP contribution is -2.20. The molecule has 0 spiro atoms. The number of alkyl halides is 3. The molecule has 1 N–H and O–H groups in total. The summed E-state index contributed by atoms with van der Waals surface area (Å²) in [5.41, 5.74) is 0.588. The summed E-state index contributed by atoms with van der Waals surface area (Å²) < 4.78 is 56.4. The third-order valence-corrected chi connectivity index (χ3v) is 4.07. The van der Waals surface area contributed by atoms with Gasteiger partial charge >= 0.3 is 6.18 Å². The van der Waals surface area contributed by atoms with Gasteiger partial charge in [-0.3, -0.25) is 0 Å². The highest BCUT2D eigenvalue weighted by Crippen LogP contribution is 2.38. The van der Waals surface area contributed by atoms with Crippen molar-refractivity contribution in [3.63, 3.8) is 0 Å². The van der Waals surface area contributed by atoms with Crippen molar-refractivity contribution in [2.75, 3.05) is 11.9 Å². The topological polar surface area (TPSA) is 34.2 Å². The van der Waals surface area contributed by atoms with Crippen LogP contribution in [0.2, 0.25) is 0 Å². The van der Waals surface area contributed by atoms with Gasteiger partial charge in [0.2, 0.25) is 0 Å². The molecule has 1 aromatic heterocycles. The van der Waals surface area contributed by atoms with Gasteiger partial charge in [-0.25, -0.2) is 9.37 Å². The summed E-state index contributed by atoms with van der Waals surface area (Å²) in [6.45, 7) is 0.411. The SMILES string of the molecule is Fc1ccc2c(c1)C(Nc1ncc(C(F)(F)F)s1)CCO2. The van der Waals surface area contributed by atoms with Crippen molar-refractivity contribution < 1.29 is 22.3 Å². The summed E-state index contributed by atoms with van der Waals surface area (Å²) in [6, 6.07) is 3.80. The van der Waals surface area contributed by atoms with Gasteiger partial charge in [-0.05, 0) is 18.2 Å². The minimum atomic E-state index is -4.41. The second kappa shape index (κ2) is 5.18. The van der Waals surface area contributed by atoms with Crippen LogP contribution in [-0.4, -0.2) is 11.6 Å². The van der Waals surface area contributed by atoms with Gasteiger partial charge < -0.3 is 10.1 Å². The van der Waals surface area contributed by atoms with E-state index in [4.69, 9.17) is 4.74 Å². The molecular formula is C13H10F4N2OS. The lowest BCUT2D eigenvalue weighted by molar-refractivity contribution is -0.134. The molecule has 3 rings (SSSR count). The fourth-order valence-electron chi connectivity index (χ4n) is 2.14. The smallest absolute Gasteiger partial charge is 0.427 e. The first-order valence-corrected chi connectivity index (χ1v) is 6.97. The second-order valence-electron chi connectivity index (χ2n) is 4.54. The van der Waals surface area contributed by atoms with Crippen molar-refractivity contribution in [1.29, 1.82) is 0 Å². The van der Waals surface area contributed by atoms with Gasteiger partial charge in [-0.15, -0.1) is 0 Å². The molecule has 8 heteroatoms. The maximum atomic E-state index is 13.3. The number of nitrogens with zero attached hydrogens (tertiary/aromatic N) is 1. The Morgan fingerprint density at radius 3 is 2.86 bits per heavy atom. The van der Waals surface area contributed by atoms with Crippen LogP contribution in [0.5, 0.6) is 5.75 Å². The molecule has 0 saturated carbocycles. The number of halogens is 4. The van der Waals surface area contributed by atoms with Crippen LogP contribution < -0.4 is 10.1 Å². The van der Waals surface area contributed by atoms with Crippen LogP contribution in [-0.2, 0) is 6.18 Å². The first kappa shape index (κ1) is 14.1. The van der Waals surface area contributed by atoms with E-state index in [2.05, 4.69) is 10.3 Å². The van der Waals surface area contributed by atoms with E-state index >= 15 is 0 Å². The summed E-state index contributed by atoms with van der Waals surface area (Å²) in [5, 5.41) is 3.07. The van der Waals surface area contributed by atoms with Gasteiger partial charge in [0.25, 0.3) is 0 Å². The molecule has 0 fully saturated rings. The van der Waals surface area contributed by atoms with E-state index in [0.29, 0.717) is 35.7 Å². The molecule has 112 valence electrons. The van der Waals surface area contributed by atoms with Crippen LogP contribution in [0.1, 0.15) is 22.9 Å². The van der Waals surface area contributed by atoms with Gasteiger partial charge in [0.05, 0.1) is 18.8 Å². The Morgan fingerprint density at radius 2 is 2.14 bits per heavy atom. The first-order valence-electron chi connectivity index (χ1n) is 6.15. The molecule has 2 heterocycles. The van der Waals surface area contributed by atoms with Gasteiger partial charge in [0, 0.05) is 12.0 Å². The summed E-state index contributed by atoms with van der Waals surface area (Å²) in [7, 11) is 0. The van der Waals surface area contributed by atoms with E-state index in [0.717, 1.165) is 6.20 Å². The van der Waals surface area contributed by atoms with Gasteiger partial charge in [0.15, 0.2) is 5.13 Å². The number of ether oxygens (including phenoxy) is 1. The minimum Gasteiger partial charge on any atom is -0.493 e. The monoisotopic (exact) mass is 318 g/mol. The van der Waals surface area contributed by atoms with Crippen LogP contribution in [0.4, 0.5) is 22.7 Å². The molecule has 1 aliphatic rings. The minimum absolute atomic E-state index is 0.157.